The van der Waals surface area contributed by atoms with Crippen LogP contribution >= 0.6 is 0 Å². The normalized spacial score (nSPS) is 16.0. The summed E-state index contributed by atoms with van der Waals surface area (Å²) < 4.78 is 13.2. The Labute approximate surface area is 216 Å². The number of aromatic nitrogens is 5. The molecule has 1 atom stereocenters. The number of aryl methyl sites for hydroxylation is 2. The number of fused-ring (bicyclic) bond motifs is 2. The lowest BCUT2D eigenvalue weighted by Gasteiger charge is -2.28. The van der Waals surface area contributed by atoms with Crippen molar-refractivity contribution < 1.29 is 14.3 Å². The summed E-state index contributed by atoms with van der Waals surface area (Å²) in [6.07, 6.45) is 6.22. The van der Waals surface area contributed by atoms with Gasteiger partial charge in [0.25, 0.3) is 0 Å². The Morgan fingerprint density at radius 3 is 2.62 bits per heavy atom. The van der Waals surface area contributed by atoms with E-state index in [1.54, 1.807) is 25.3 Å². The molecule has 10 nitrogen and oxygen atoms in total. The molecule has 0 bridgehead atoms. The Kier molecular flexibility index (Phi) is 6.13. The van der Waals surface area contributed by atoms with Gasteiger partial charge in [0.15, 0.2) is 5.82 Å². The predicted molar refractivity (Wildman–Crippen MR) is 142 cm³/mol. The van der Waals surface area contributed by atoms with Gasteiger partial charge < -0.3 is 23.7 Å². The van der Waals surface area contributed by atoms with Crippen molar-refractivity contribution in [3.63, 3.8) is 0 Å². The van der Waals surface area contributed by atoms with Gasteiger partial charge in [-0.3, -0.25) is 0 Å². The highest BCUT2D eigenvalue weighted by molar-refractivity contribution is 5.80. The summed E-state index contributed by atoms with van der Waals surface area (Å²) in [6, 6.07) is 4.00. The van der Waals surface area contributed by atoms with Crippen LogP contribution in [0.2, 0.25) is 0 Å². The van der Waals surface area contributed by atoms with E-state index >= 15 is 0 Å². The first-order chi connectivity index (χ1) is 17.5. The third-order valence-electron chi connectivity index (χ3n) is 6.63. The second kappa shape index (κ2) is 9.17. The molecular formula is C27H33N7O3. The molecule has 1 aliphatic rings. The summed E-state index contributed by atoms with van der Waals surface area (Å²) in [5.41, 5.74) is 4.45. The van der Waals surface area contributed by atoms with Crippen molar-refractivity contribution in [3.05, 3.63) is 42.0 Å². The maximum atomic E-state index is 12.5. The lowest BCUT2D eigenvalue weighted by Crippen LogP contribution is -2.42. The summed E-state index contributed by atoms with van der Waals surface area (Å²) in [4.78, 5) is 35.2. The number of likely N-dealkylation sites (N-methyl/N-ethyl adjacent to an activating group) is 1. The number of rotatable bonds is 4. The summed E-state index contributed by atoms with van der Waals surface area (Å²) in [7, 11) is 3.44. The maximum Gasteiger partial charge on any atom is 0.410 e. The lowest BCUT2D eigenvalue weighted by atomic mass is 10.1. The van der Waals surface area contributed by atoms with E-state index in [1.165, 1.54) is 0 Å². The first-order valence-electron chi connectivity index (χ1n) is 12.4. The fourth-order valence-electron chi connectivity index (χ4n) is 4.78. The molecule has 1 aliphatic heterocycles. The summed E-state index contributed by atoms with van der Waals surface area (Å²) in [5, 5.41) is 0. The molecule has 4 aromatic rings. The van der Waals surface area contributed by atoms with Crippen molar-refractivity contribution in [2.75, 3.05) is 32.1 Å². The summed E-state index contributed by atoms with van der Waals surface area (Å²) in [6.45, 7) is 11.1. The second-order valence-electron chi connectivity index (χ2n) is 10.6. The molecule has 5 rings (SSSR count). The summed E-state index contributed by atoms with van der Waals surface area (Å²) in [5.74, 6) is 2.11. The quantitative estimate of drug-likeness (QED) is 0.404. The van der Waals surface area contributed by atoms with Crippen LogP contribution in [0.4, 0.5) is 10.6 Å². The monoisotopic (exact) mass is 503 g/mol. The first-order valence-corrected chi connectivity index (χ1v) is 12.4. The van der Waals surface area contributed by atoms with Crippen LogP contribution in [-0.4, -0.2) is 74.2 Å². The molecular weight excluding hydrogens is 470 g/mol. The van der Waals surface area contributed by atoms with Gasteiger partial charge in [-0.2, -0.15) is 0 Å². The summed E-state index contributed by atoms with van der Waals surface area (Å²) >= 11 is 0. The predicted octanol–water partition coefficient (Wildman–Crippen LogP) is 4.41. The molecule has 0 N–H and O–H groups in total. The zero-order chi connectivity index (χ0) is 26.5. The highest BCUT2D eigenvalue weighted by Crippen LogP contribution is 2.34. The number of imidazole rings is 1. The zero-order valence-corrected chi connectivity index (χ0v) is 22.4. The number of carbonyl (C=O) groups excluding carboxylic acids is 1. The van der Waals surface area contributed by atoms with E-state index in [-0.39, 0.29) is 12.1 Å². The highest BCUT2D eigenvalue weighted by Gasteiger charge is 2.31. The Hall–Kier alpha value is -3.95. The van der Waals surface area contributed by atoms with Crippen molar-refractivity contribution in [1.29, 1.82) is 0 Å². The lowest BCUT2D eigenvalue weighted by molar-refractivity contribution is 0.0238. The van der Waals surface area contributed by atoms with Crippen LogP contribution in [0.1, 0.15) is 38.4 Å². The third-order valence-corrected chi connectivity index (χ3v) is 6.63. The number of ether oxygens (including phenoxy) is 2. The Morgan fingerprint density at radius 2 is 1.89 bits per heavy atom. The largest absolute Gasteiger partial charge is 0.496 e. The zero-order valence-electron chi connectivity index (χ0n) is 22.4. The molecule has 0 aromatic carbocycles. The van der Waals surface area contributed by atoms with E-state index in [4.69, 9.17) is 19.4 Å². The van der Waals surface area contributed by atoms with E-state index < -0.39 is 5.60 Å². The van der Waals surface area contributed by atoms with Crippen LogP contribution < -0.4 is 9.64 Å². The van der Waals surface area contributed by atoms with Crippen LogP contribution in [0.15, 0.2) is 30.7 Å². The molecule has 1 saturated heterocycles. The minimum atomic E-state index is -0.519. The van der Waals surface area contributed by atoms with Crippen molar-refractivity contribution in [1.82, 2.24) is 29.2 Å². The topological polar surface area (TPSA) is 98.0 Å². The third kappa shape index (κ3) is 4.75. The Balaban J connectivity index is 1.39. The molecule has 37 heavy (non-hydrogen) atoms. The first kappa shape index (κ1) is 24.7. The van der Waals surface area contributed by atoms with Gasteiger partial charge in [-0.1, -0.05) is 0 Å². The van der Waals surface area contributed by atoms with Gasteiger partial charge in [-0.25, -0.2) is 24.7 Å². The van der Waals surface area contributed by atoms with Crippen LogP contribution in [0.3, 0.4) is 0 Å². The van der Waals surface area contributed by atoms with E-state index in [0.29, 0.717) is 23.6 Å². The number of amides is 1. The molecule has 0 aliphatic carbocycles. The van der Waals surface area contributed by atoms with Gasteiger partial charge >= 0.3 is 6.09 Å². The maximum absolute atomic E-state index is 12.5. The molecule has 1 fully saturated rings. The van der Waals surface area contributed by atoms with Gasteiger partial charge in [-0.05, 0) is 53.2 Å². The van der Waals surface area contributed by atoms with Crippen LogP contribution in [0.5, 0.6) is 5.75 Å². The van der Waals surface area contributed by atoms with Gasteiger partial charge in [0.2, 0.25) is 0 Å². The fourth-order valence-corrected chi connectivity index (χ4v) is 4.78. The molecule has 5 heterocycles. The van der Waals surface area contributed by atoms with Gasteiger partial charge in [0.05, 0.1) is 36.1 Å². The smallest absolute Gasteiger partial charge is 0.410 e. The molecule has 4 aromatic heterocycles. The number of hydrogen-bond acceptors (Lipinski definition) is 8. The molecule has 0 saturated carbocycles. The van der Waals surface area contributed by atoms with E-state index in [0.717, 1.165) is 46.8 Å². The minimum Gasteiger partial charge on any atom is -0.496 e. The van der Waals surface area contributed by atoms with Crippen LogP contribution in [-0.2, 0) is 4.74 Å². The Morgan fingerprint density at radius 1 is 1.11 bits per heavy atom. The van der Waals surface area contributed by atoms with E-state index in [1.807, 2.05) is 63.5 Å². The SMILES string of the molecule is COc1c(-c2ncc3nc(N4CC[C@@H](N(C)C(=O)OC(C)(C)C)C4)ccc3n2)cn2cc(C)nc2c1C. The average molecular weight is 504 g/mol. The molecule has 1 amide bonds. The van der Waals surface area contributed by atoms with Gasteiger partial charge in [0.1, 0.15) is 28.3 Å². The number of nitrogens with zero attached hydrogens (tertiary/aromatic N) is 7. The van der Waals surface area contributed by atoms with E-state index in [9.17, 15) is 4.79 Å². The second-order valence-corrected chi connectivity index (χ2v) is 10.6. The number of carbonyl (C=O) groups is 1. The van der Waals surface area contributed by atoms with Crippen LogP contribution in [0, 0.1) is 13.8 Å². The minimum absolute atomic E-state index is 0.0587. The van der Waals surface area contributed by atoms with Crippen molar-refractivity contribution in [2.24, 2.45) is 0 Å². The van der Waals surface area contributed by atoms with Crippen molar-refractivity contribution >= 4 is 28.6 Å². The van der Waals surface area contributed by atoms with Crippen molar-refractivity contribution in [2.45, 2.75) is 52.7 Å². The van der Waals surface area contributed by atoms with Crippen LogP contribution in [0.25, 0.3) is 28.1 Å². The molecule has 10 heteroatoms. The number of pyridine rings is 2. The Bertz CT molecular complexity index is 1490. The fraction of sp³-hybridized carbons (Fsp3) is 0.444. The number of hydrogen-bond donors (Lipinski definition) is 0. The van der Waals surface area contributed by atoms with Gasteiger partial charge in [0, 0.05) is 38.1 Å². The standard InChI is InChI=1S/C27H33N7O3/c1-16-13-34-15-19(23(36-7)17(2)25(34)29-16)24-28-12-21-20(31-24)8-9-22(30-21)33-11-10-18(14-33)32(6)26(35)37-27(3,4)5/h8-9,12-13,15,18H,10-11,14H2,1-7H3/t18-/m1/s1. The molecule has 0 spiro atoms. The van der Waals surface area contributed by atoms with E-state index in [2.05, 4.69) is 14.9 Å². The molecule has 194 valence electrons. The van der Waals surface area contributed by atoms with Gasteiger partial charge in [-0.15, -0.1) is 0 Å². The number of methoxy groups -OCH3 is 1. The number of anilines is 1. The highest BCUT2D eigenvalue weighted by atomic mass is 16.6. The van der Waals surface area contributed by atoms with Crippen molar-refractivity contribution in [3.8, 4) is 17.1 Å². The molecule has 0 unspecified atom stereocenters. The molecule has 0 radical (unpaired) electrons. The average Bonchev–Trinajstić information content (AvgIpc) is 3.48.